The predicted molar refractivity (Wildman–Crippen MR) is 209 cm³/mol. The molecule has 14 nitrogen and oxygen atoms in total. The second-order valence-electron chi connectivity index (χ2n) is 15.7. The largest absolute Gasteiger partial charge is 0.419 e. The third kappa shape index (κ3) is 9.94. The Balaban J connectivity index is 0.00000641. The Morgan fingerprint density at radius 1 is 1.05 bits per heavy atom. The first kappa shape index (κ1) is 44.8. The van der Waals surface area contributed by atoms with Crippen LogP contribution in [-0.4, -0.2) is 116 Å². The molecule has 6 amide bonds. The van der Waals surface area contributed by atoms with Crippen LogP contribution in [0.4, 0.5) is 23.7 Å². The van der Waals surface area contributed by atoms with Crippen LogP contribution in [0.3, 0.4) is 0 Å². The van der Waals surface area contributed by atoms with Gasteiger partial charge < -0.3 is 15.0 Å². The molecule has 1 saturated carbocycles. The molecule has 0 radical (unpaired) electrons. The number of alkyl halides is 3. The number of hydrogen-bond donors (Lipinski definition) is 2. The average Bonchev–Trinajstić information content (AvgIpc) is 3.32. The number of ether oxygens (including phenoxy) is 1. The van der Waals surface area contributed by atoms with Crippen LogP contribution in [0.15, 0.2) is 41.4 Å². The van der Waals surface area contributed by atoms with Crippen LogP contribution >= 0.6 is 24.4 Å². The molecule has 6 rings (SSSR count). The van der Waals surface area contributed by atoms with Crippen molar-refractivity contribution < 1.29 is 41.9 Å². The second kappa shape index (κ2) is 18.3. The number of pyridine rings is 1. The number of nitrogens with one attached hydrogen (secondary N) is 2. The summed E-state index contributed by atoms with van der Waals surface area (Å²) >= 11 is 0.571. The Kier molecular flexibility index (Phi) is 14.2. The molecular weight excluding hydrogens is 801 g/mol. The van der Waals surface area contributed by atoms with Crippen LogP contribution in [0.1, 0.15) is 89.0 Å². The van der Waals surface area contributed by atoms with Gasteiger partial charge in [-0.3, -0.25) is 34.3 Å². The van der Waals surface area contributed by atoms with E-state index in [-0.39, 0.29) is 71.7 Å². The minimum atomic E-state index is -4.83. The summed E-state index contributed by atoms with van der Waals surface area (Å²) in [6.07, 6.45) is -0.489. The molecule has 1 unspecified atom stereocenters. The van der Waals surface area contributed by atoms with Crippen molar-refractivity contribution in [2.45, 2.75) is 113 Å². The number of hydrogen-bond acceptors (Lipinski definition) is 11. The van der Waals surface area contributed by atoms with Crippen molar-refractivity contribution in [2.75, 3.05) is 38.1 Å². The Morgan fingerprint density at radius 3 is 2.31 bits per heavy atom. The Bertz CT molecular complexity index is 1910. The molecule has 19 heteroatoms. The summed E-state index contributed by atoms with van der Waals surface area (Å²) in [6, 6.07) is 8.69. The van der Waals surface area contributed by atoms with E-state index in [2.05, 4.69) is 39.3 Å². The highest BCUT2D eigenvalue weighted by molar-refractivity contribution is 7.98. The molecule has 2 aromatic rings. The first-order valence-electron chi connectivity index (χ1n) is 19.1. The number of carbonyl (C=O) groups is 5. The zero-order valence-electron chi connectivity index (χ0n) is 32.7. The van der Waals surface area contributed by atoms with Gasteiger partial charge in [-0.05, 0) is 83.6 Å². The lowest BCUT2D eigenvalue weighted by Gasteiger charge is -2.44. The molecule has 0 spiro atoms. The molecule has 3 saturated heterocycles. The lowest BCUT2D eigenvalue weighted by molar-refractivity contribution is -0.138. The predicted octanol–water partition coefficient (Wildman–Crippen LogP) is 5.33. The number of aromatic nitrogens is 1. The van der Waals surface area contributed by atoms with Gasteiger partial charge in [0.1, 0.15) is 11.6 Å². The summed E-state index contributed by atoms with van der Waals surface area (Å²) in [5.41, 5.74) is -1.80. The molecule has 1 aromatic heterocycles. The van der Waals surface area contributed by atoms with Crippen molar-refractivity contribution in [3.63, 3.8) is 0 Å². The molecule has 0 bridgehead atoms. The topological polar surface area (TPSA) is 168 Å². The molecule has 314 valence electrons. The van der Waals surface area contributed by atoms with E-state index in [1.54, 1.807) is 38.1 Å². The van der Waals surface area contributed by atoms with Crippen LogP contribution < -0.4 is 10.6 Å². The number of imide groups is 2. The van der Waals surface area contributed by atoms with Crippen molar-refractivity contribution in [3.05, 3.63) is 53.3 Å². The standard InChI is InChI=1S/C39H47F3N8O6S.ClH/c1-23-20-47(21-24(2)48(23)22-34(52)45-26-7-5-25(6-8-26)30-13-14-33(51)46-35(30)53)15-16-56-28-11-9-27(10-12-28)49-37(55)50(36(54)38(49,3)4)57-29-17-31(39(40,41)42)32(18-43)44-19-29;/h5-8,17,19,23-24,27-28,30H,9-16,20-22H2,1-4H3,(H,45,52)(H,46,51,53);1H/t23-,24+,27?,28?,30?;. The molecule has 4 heterocycles. The van der Waals surface area contributed by atoms with E-state index in [1.807, 2.05) is 0 Å². The highest BCUT2D eigenvalue weighted by atomic mass is 35.5. The van der Waals surface area contributed by atoms with E-state index >= 15 is 0 Å². The van der Waals surface area contributed by atoms with Crippen LogP contribution in [0.2, 0.25) is 0 Å². The third-order valence-corrected chi connectivity index (χ3v) is 12.2. The SMILES string of the molecule is C[C@@H]1CN(CCOC2CCC(N3C(=O)N(Sc4cnc(C#N)c(C(F)(F)F)c4)C(=O)C3(C)C)CC2)C[C@H](C)N1CC(=O)Nc1ccc(C2CCC(=O)NC2=O)cc1.Cl. The van der Waals surface area contributed by atoms with Gasteiger partial charge in [0.05, 0.1) is 30.7 Å². The Labute approximate surface area is 345 Å². The highest BCUT2D eigenvalue weighted by Crippen LogP contribution is 2.41. The number of nitriles is 1. The summed E-state index contributed by atoms with van der Waals surface area (Å²) in [7, 11) is 0. The first-order valence-corrected chi connectivity index (χ1v) is 19.9. The van der Waals surface area contributed by atoms with Crippen molar-refractivity contribution in [1.29, 1.82) is 5.26 Å². The average molecular weight is 849 g/mol. The van der Waals surface area contributed by atoms with Gasteiger partial charge in [-0.15, -0.1) is 12.4 Å². The van der Waals surface area contributed by atoms with Crippen molar-refractivity contribution in [2.24, 2.45) is 0 Å². The molecule has 4 aliphatic rings. The molecule has 3 aliphatic heterocycles. The molecular formula is C39H48ClF3N8O6S. The van der Waals surface area contributed by atoms with Gasteiger partial charge in [-0.25, -0.2) is 9.78 Å². The van der Waals surface area contributed by atoms with E-state index in [0.717, 1.165) is 35.2 Å². The number of carbonyl (C=O) groups excluding carboxylic acids is 5. The lowest BCUT2D eigenvalue weighted by Crippen LogP contribution is -2.58. The molecule has 58 heavy (non-hydrogen) atoms. The van der Waals surface area contributed by atoms with E-state index in [0.29, 0.717) is 69.3 Å². The Hall–Kier alpha value is -4.28. The summed E-state index contributed by atoms with van der Waals surface area (Å²) < 4.78 is 47.7. The van der Waals surface area contributed by atoms with Crippen LogP contribution in [0.25, 0.3) is 0 Å². The fraction of sp³-hybridized carbons (Fsp3) is 0.564. The zero-order valence-corrected chi connectivity index (χ0v) is 34.3. The quantitative estimate of drug-likeness (QED) is 0.171. The van der Waals surface area contributed by atoms with Gasteiger partial charge in [-0.1, -0.05) is 12.1 Å². The van der Waals surface area contributed by atoms with E-state index in [4.69, 9.17) is 10.00 Å². The maximum absolute atomic E-state index is 13.6. The van der Waals surface area contributed by atoms with Crippen molar-refractivity contribution in [3.8, 4) is 6.07 Å². The summed E-state index contributed by atoms with van der Waals surface area (Å²) in [4.78, 5) is 73.3. The van der Waals surface area contributed by atoms with E-state index < -0.39 is 34.9 Å². The van der Waals surface area contributed by atoms with E-state index in [1.165, 1.54) is 11.0 Å². The number of nitrogens with zero attached hydrogens (tertiary/aromatic N) is 6. The zero-order chi connectivity index (χ0) is 41.2. The molecule has 1 aromatic carbocycles. The van der Waals surface area contributed by atoms with Gasteiger partial charge in [-0.2, -0.15) is 22.7 Å². The van der Waals surface area contributed by atoms with Crippen molar-refractivity contribution >= 4 is 59.7 Å². The molecule has 2 N–H and O–H groups in total. The third-order valence-electron chi connectivity index (χ3n) is 11.3. The number of piperidine rings is 1. The minimum absolute atomic E-state index is 0. The summed E-state index contributed by atoms with van der Waals surface area (Å²) in [6.45, 7) is 10.4. The van der Waals surface area contributed by atoms with Gasteiger partial charge in [0.15, 0.2) is 5.69 Å². The molecule has 1 aliphatic carbocycles. The Morgan fingerprint density at radius 2 is 1.71 bits per heavy atom. The number of rotatable bonds is 11. The van der Waals surface area contributed by atoms with Crippen LogP contribution in [0.5, 0.6) is 0 Å². The van der Waals surface area contributed by atoms with Crippen LogP contribution in [-0.2, 0) is 30.1 Å². The summed E-state index contributed by atoms with van der Waals surface area (Å²) in [5, 5.41) is 14.4. The fourth-order valence-corrected chi connectivity index (χ4v) is 9.28. The number of urea groups is 1. The normalized spacial score (nSPS) is 25.6. The maximum Gasteiger partial charge on any atom is 0.419 e. The fourth-order valence-electron chi connectivity index (χ4n) is 8.33. The van der Waals surface area contributed by atoms with Crippen molar-refractivity contribution in [1.82, 2.24) is 29.3 Å². The monoisotopic (exact) mass is 848 g/mol. The van der Waals surface area contributed by atoms with E-state index in [9.17, 15) is 37.1 Å². The van der Waals surface area contributed by atoms with Gasteiger partial charge >= 0.3 is 12.2 Å². The number of piperazine rings is 1. The van der Waals surface area contributed by atoms with Gasteiger partial charge in [0, 0.05) is 72.9 Å². The minimum Gasteiger partial charge on any atom is -0.377 e. The highest BCUT2D eigenvalue weighted by Gasteiger charge is 2.55. The number of anilines is 1. The number of benzene rings is 1. The smallest absolute Gasteiger partial charge is 0.377 e. The maximum atomic E-state index is 13.6. The molecule has 4 fully saturated rings. The lowest BCUT2D eigenvalue weighted by atomic mass is 9.89. The second-order valence-corrected chi connectivity index (χ2v) is 16.7. The van der Waals surface area contributed by atoms with Gasteiger partial charge in [0.2, 0.25) is 17.7 Å². The van der Waals surface area contributed by atoms with Gasteiger partial charge in [0.25, 0.3) is 5.91 Å². The molecule has 3 atom stereocenters. The first-order chi connectivity index (χ1) is 27.0. The number of amides is 6. The number of halogens is 4. The van der Waals surface area contributed by atoms with Crippen LogP contribution in [0, 0.1) is 11.3 Å². The summed E-state index contributed by atoms with van der Waals surface area (Å²) in [5.74, 6) is -1.62.